The molecule has 0 aliphatic carbocycles. The molecule has 1 aromatic carbocycles. The molecule has 86 valence electrons. The number of aryl methyl sites for hydroxylation is 1. The normalized spacial score (nSPS) is 11.7. The highest BCUT2D eigenvalue weighted by Crippen LogP contribution is 2.19. The van der Waals surface area contributed by atoms with Gasteiger partial charge in [-0.2, -0.15) is 0 Å². The lowest BCUT2D eigenvalue weighted by Crippen LogP contribution is -1.93. The third-order valence-corrected chi connectivity index (χ3v) is 2.95. The minimum Gasteiger partial charge on any atom is -0.107 e. The molecular formula is C16H22. The molecule has 16 heavy (non-hydrogen) atoms. The van der Waals surface area contributed by atoms with Crippen LogP contribution in [0.1, 0.15) is 57.1 Å². The Morgan fingerprint density at radius 2 is 1.88 bits per heavy atom. The van der Waals surface area contributed by atoms with Gasteiger partial charge in [-0.3, -0.25) is 0 Å². The first-order valence-electron chi connectivity index (χ1n) is 6.26. The molecule has 1 rings (SSSR count). The number of hydrogen-bond acceptors (Lipinski definition) is 0. The summed E-state index contributed by atoms with van der Waals surface area (Å²) >= 11 is 0. The number of hydrogen-bond donors (Lipinski definition) is 0. The highest BCUT2D eigenvalue weighted by molar-refractivity contribution is 5.26. The van der Waals surface area contributed by atoms with Crippen LogP contribution in [0, 0.1) is 11.8 Å². The van der Waals surface area contributed by atoms with Crippen molar-refractivity contribution in [2.75, 3.05) is 0 Å². The molecule has 0 aliphatic rings. The van der Waals surface area contributed by atoms with Gasteiger partial charge in [-0.15, -0.1) is 11.8 Å². The minimum absolute atomic E-state index is 0.549. The summed E-state index contributed by atoms with van der Waals surface area (Å²) in [6.07, 6.45) is 4.73. The molecule has 0 saturated carbocycles. The van der Waals surface area contributed by atoms with Gasteiger partial charge in [0, 0.05) is 6.42 Å². The summed E-state index contributed by atoms with van der Waals surface area (Å²) in [6, 6.07) is 9.04. The molecule has 0 N–H and O–H groups in total. The molecule has 0 nitrogen and oxygen atoms in total. The van der Waals surface area contributed by atoms with E-state index in [1.807, 2.05) is 6.92 Å². The van der Waals surface area contributed by atoms with Crippen LogP contribution in [0.3, 0.4) is 0 Å². The first-order chi connectivity index (χ1) is 7.77. The lowest BCUT2D eigenvalue weighted by atomic mass is 9.96. The fraction of sp³-hybridized carbons (Fsp3) is 0.500. The molecule has 0 aliphatic heterocycles. The second-order valence-electron chi connectivity index (χ2n) is 4.38. The lowest BCUT2D eigenvalue weighted by Gasteiger charge is -2.09. The number of unbranched alkanes of at least 4 members (excludes halogenated alkanes) is 1. The van der Waals surface area contributed by atoms with Crippen LogP contribution in [0.4, 0.5) is 0 Å². The molecule has 1 atom stereocenters. The first kappa shape index (κ1) is 12.8. The van der Waals surface area contributed by atoms with Gasteiger partial charge < -0.3 is 0 Å². The molecule has 1 aromatic rings. The average molecular weight is 214 g/mol. The van der Waals surface area contributed by atoms with Gasteiger partial charge in [0.15, 0.2) is 0 Å². The van der Waals surface area contributed by atoms with E-state index in [1.54, 1.807) is 0 Å². The van der Waals surface area contributed by atoms with Crippen molar-refractivity contribution in [2.24, 2.45) is 0 Å². The maximum atomic E-state index is 3.15. The predicted octanol–water partition coefficient (Wildman–Crippen LogP) is 4.55. The summed E-state index contributed by atoms with van der Waals surface area (Å²) in [5.41, 5.74) is 2.86. The molecular weight excluding hydrogens is 192 g/mol. The third-order valence-electron chi connectivity index (χ3n) is 2.95. The zero-order valence-corrected chi connectivity index (χ0v) is 10.7. The summed E-state index contributed by atoms with van der Waals surface area (Å²) < 4.78 is 0. The molecule has 0 radical (unpaired) electrons. The van der Waals surface area contributed by atoms with E-state index in [9.17, 15) is 0 Å². The van der Waals surface area contributed by atoms with E-state index >= 15 is 0 Å². The SMILES string of the molecule is CC#CCC(C)c1ccc(CCCC)cc1. The van der Waals surface area contributed by atoms with E-state index < -0.39 is 0 Å². The van der Waals surface area contributed by atoms with Gasteiger partial charge >= 0.3 is 0 Å². The van der Waals surface area contributed by atoms with Crippen LogP contribution >= 0.6 is 0 Å². The standard InChI is InChI=1S/C16H22/c1-4-6-8-14(3)16-12-10-15(11-13-16)9-7-5-2/h10-14H,5,7-9H2,1-3H3. The van der Waals surface area contributed by atoms with E-state index in [0.717, 1.165) is 6.42 Å². The van der Waals surface area contributed by atoms with Crippen molar-refractivity contribution in [3.8, 4) is 11.8 Å². The highest BCUT2D eigenvalue weighted by Gasteiger charge is 2.03. The van der Waals surface area contributed by atoms with Gasteiger partial charge in [-0.05, 0) is 36.8 Å². The molecule has 0 heterocycles. The minimum atomic E-state index is 0.549. The second kappa shape index (κ2) is 7.12. The Labute approximate surface area is 100 Å². The topological polar surface area (TPSA) is 0 Å². The average Bonchev–Trinajstić information content (AvgIpc) is 2.34. The van der Waals surface area contributed by atoms with Gasteiger partial charge in [0.05, 0.1) is 0 Å². The molecule has 0 amide bonds. The quantitative estimate of drug-likeness (QED) is 0.631. The van der Waals surface area contributed by atoms with Crippen molar-refractivity contribution in [3.63, 3.8) is 0 Å². The van der Waals surface area contributed by atoms with Gasteiger partial charge in [0.25, 0.3) is 0 Å². The summed E-state index contributed by atoms with van der Waals surface area (Å²) in [5, 5.41) is 0. The molecule has 0 bridgehead atoms. The van der Waals surface area contributed by atoms with Crippen LogP contribution in [0.2, 0.25) is 0 Å². The van der Waals surface area contributed by atoms with Crippen LogP contribution in [-0.2, 0) is 6.42 Å². The Morgan fingerprint density at radius 1 is 1.19 bits per heavy atom. The summed E-state index contributed by atoms with van der Waals surface area (Å²) in [6.45, 7) is 6.38. The van der Waals surface area contributed by atoms with E-state index in [4.69, 9.17) is 0 Å². The van der Waals surface area contributed by atoms with Crippen LogP contribution in [-0.4, -0.2) is 0 Å². The van der Waals surface area contributed by atoms with Crippen LogP contribution in [0.15, 0.2) is 24.3 Å². The monoisotopic (exact) mass is 214 g/mol. The maximum Gasteiger partial charge on any atom is 0.0155 e. The summed E-state index contributed by atoms with van der Waals surface area (Å²) in [7, 11) is 0. The fourth-order valence-electron chi connectivity index (χ4n) is 1.77. The highest BCUT2D eigenvalue weighted by atomic mass is 14.1. The van der Waals surface area contributed by atoms with Crippen LogP contribution in [0.5, 0.6) is 0 Å². The zero-order valence-electron chi connectivity index (χ0n) is 10.7. The van der Waals surface area contributed by atoms with Gasteiger partial charge in [-0.25, -0.2) is 0 Å². The second-order valence-corrected chi connectivity index (χ2v) is 4.38. The van der Waals surface area contributed by atoms with Crippen LogP contribution in [0.25, 0.3) is 0 Å². The number of benzene rings is 1. The predicted molar refractivity (Wildman–Crippen MR) is 71.5 cm³/mol. The molecule has 0 saturated heterocycles. The van der Waals surface area contributed by atoms with Gasteiger partial charge in [0.1, 0.15) is 0 Å². The summed E-state index contributed by atoms with van der Waals surface area (Å²) in [5.74, 6) is 6.65. The van der Waals surface area contributed by atoms with E-state index in [2.05, 4.69) is 50.0 Å². The Kier molecular flexibility index (Phi) is 5.72. The number of rotatable bonds is 5. The van der Waals surface area contributed by atoms with E-state index in [0.29, 0.717) is 5.92 Å². The molecule has 0 fully saturated rings. The van der Waals surface area contributed by atoms with Gasteiger partial charge in [-0.1, -0.05) is 44.5 Å². The zero-order chi connectivity index (χ0) is 11.8. The smallest absolute Gasteiger partial charge is 0.0155 e. The van der Waals surface area contributed by atoms with E-state index in [1.165, 1.54) is 30.4 Å². The van der Waals surface area contributed by atoms with Crippen molar-refractivity contribution >= 4 is 0 Å². The fourth-order valence-corrected chi connectivity index (χ4v) is 1.77. The Morgan fingerprint density at radius 3 is 2.44 bits per heavy atom. The Balaban J connectivity index is 2.58. The Hall–Kier alpha value is -1.22. The molecule has 1 unspecified atom stereocenters. The van der Waals surface area contributed by atoms with Crippen molar-refractivity contribution in [1.29, 1.82) is 0 Å². The molecule has 0 spiro atoms. The molecule has 0 aromatic heterocycles. The third kappa shape index (κ3) is 4.11. The summed E-state index contributed by atoms with van der Waals surface area (Å²) in [4.78, 5) is 0. The molecule has 0 heteroatoms. The largest absolute Gasteiger partial charge is 0.107 e. The lowest BCUT2D eigenvalue weighted by molar-refractivity contribution is 0.782. The van der Waals surface area contributed by atoms with Crippen molar-refractivity contribution in [1.82, 2.24) is 0 Å². The van der Waals surface area contributed by atoms with Crippen molar-refractivity contribution < 1.29 is 0 Å². The Bertz CT molecular complexity index is 348. The van der Waals surface area contributed by atoms with E-state index in [-0.39, 0.29) is 0 Å². The first-order valence-corrected chi connectivity index (χ1v) is 6.26. The van der Waals surface area contributed by atoms with Gasteiger partial charge in [0.2, 0.25) is 0 Å². The van der Waals surface area contributed by atoms with Crippen molar-refractivity contribution in [3.05, 3.63) is 35.4 Å². The van der Waals surface area contributed by atoms with Crippen LogP contribution < -0.4 is 0 Å². The van der Waals surface area contributed by atoms with Crippen molar-refractivity contribution in [2.45, 2.75) is 52.4 Å². The maximum absolute atomic E-state index is 3.15.